The molecule has 1 atom stereocenters. The van der Waals surface area contributed by atoms with Crippen LogP contribution < -0.4 is 5.32 Å². The van der Waals surface area contributed by atoms with Gasteiger partial charge in [0.2, 0.25) is 0 Å². The van der Waals surface area contributed by atoms with Gasteiger partial charge < -0.3 is 5.32 Å². The van der Waals surface area contributed by atoms with Crippen molar-refractivity contribution in [2.24, 2.45) is 0 Å². The first-order chi connectivity index (χ1) is 9.31. The Bertz CT molecular complexity index is 345. The fourth-order valence-electron chi connectivity index (χ4n) is 2.28. The molecule has 106 valence electrons. The minimum absolute atomic E-state index is 0.504. The number of rotatable bonds is 10. The Hall–Kier alpha value is -0.730. The maximum Gasteiger partial charge on any atom is 0.0320 e. The monoisotopic (exact) mass is 277 g/mol. The van der Waals surface area contributed by atoms with Crippen LogP contribution in [0.2, 0.25) is 0 Å². The lowest BCUT2D eigenvalue weighted by molar-refractivity contribution is 0.483. The van der Waals surface area contributed by atoms with E-state index in [4.69, 9.17) is 0 Å². The fourth-order valence-corrected chi connectivity index (χ4v) is 2.69. The summed E-state index contributed by atoms with van der Waals surface area (Å²) in [5.74, 6) is 0. The van der Waals surface area contributed by atoms with E-state index in [-0.39, 0.29) is 0 Å². The molecule has 0 radical (unpaired) electrons. The van der Waals surface area contributed by atoms with Crippen molar-refractivity contribution >= 4 is 11.8 Å². The molecule has 0 saturated heterocycles. The molecule has 0 aliphatic carbocycles. The van der Waals surface area contributed by atoms with Gasteiger partial charge >= 0.3 is 0 Å². The molecule has 0 saturated carbocycles. The molecule has 0 bridgehead atoms. The van der Waals surface area contributed by atoms with Crippen molar-refractivity contribution in [3.63, 3.8) is 0 Å². The van der Waals surface area contributed by atoms with E-state index in [0.29, 0.717) is 6.04 Å². The average molecular weight is 277 g/mol. The Balaban J connectivity index is 2.47. The Kier molecular flexibility index (Phi) is 8.68. The normalized spacial score (nSPS) is 12.3. The third-order valence-corrected chi connectivity index (χ3v) is 4.11. The molecule has 0 fully saturated rings. The number of allylic oxidation sites excluding steroid dienone is 1. The average Bonchev–Trinajstić information content (AvgIpc) is 2.46. The van der Waals surface area contributed by atoms with Crippen LogP contribution in [-0.2, 0) is 0 Å². The summed E-state index contributed by atoms with van der Waals surface area (Å²) in [7, 11) is 0. The van der Waals surface area contributed by atoms with Crippen LogP contribution in [-0.4, -0.2) is 12.8 Å². The highest BCUT2D eigenvalue weighted by atomic mass is 32.2. The van der Waals surface area contributed by atoms with E-state index in [1.807, 2.05) is 6.08 Å². The number of benzene rings is 1. The molecule has 0 aliphatic rings. The number of nitrogens with one attached hydrogen (secondary N) is 1. The molecule has 0 spiro atoms. The second-order valence-corrected chi connectivity index (χ2v) is 5.69. The molecule has 0 amide bonds. The first-order valence-electron chi connectivity index (χ1n) is 7.30. The largest absolute Gasteiger partial charge is 0.310 e. The number of thioether (sulfide) groups is 1. The van der Waals surface area contributed by atoms with Gasteiger partial charge in [0.05, 0.1) is 0 Å². The van der Waals surface area contributed by atoms with E-state index in [2.05, 4.69) is 49.3 Å². The van der Waals surface area contributed by atoms with Gasteiger partial charge in [-0.05, 0) is 49.8 Å². The lowest BCUT2D eigenvalue weighted by atomic mass is 10.00. The molecular formula is C17H27NS. The quantitative estimate of drug-likeness (QED) is 0.358. The van der Waals surface area contributed by atoms with E-state index >= 15 is 0 Å². The van der Waals surface area contributed by atoms with Gasteiger partial charge in [0.1, 0.15) is 0 Å². The summed E-state index contributed by atoms with van der Waals surface area (Å²) in [6.07, 6.45) is 10.4. The maximum absolute atomic E-state index is 3.77. The van der Waals surface area contributed by atoms with Crippen LogP contribution in [0.1, 0.15) is 50.6 Å². The van der Waals surface area contributed by atoms with Crippen molar-refractivity contribution in [2.75, 3.05) is 12.8 Å². The number of hydrogen-bond donors (Lipinski definition) is 1. The predicted octanol–water partition coefficient (Wildman–Crippen LogP) is 5.20. The summed E-state index contributed by atoms with van der Waals surface area (Å²) in [6.45, 7) is 6.98. The van der Waals surface area contributed by atoms with Gasteiger partial charge in [0.15, 0.2) is 0 Å². The maximum atomic E-state index is 3.77. The minimum atomic E-state index is 0.504. The third-order valence-electron chi connectivity index (χ3n) is 3.37. The topological polar surface area (TPSA) is 12.0 Å². The van der Waals surface area contributed by atoms with Crippen LogP contribution in [0.25, 0.3) is 0 Å². The second-order valence-electron chi connectivity index (χ2n) is 4.81. The highest BCUT2D eigenvalue weighted by Crippen LogP contribution is 2.23. The van der Waals surface area contributed by atoms with Crippen molar-refractivity contribution in [2.45, 2.75) is 50.0 Å². The highest BCUT2D eigenvalue weighted by molar-refractivity contribution is 7.98. The fraction of sp³-hybridized carbons (Fsp3) is 0.529. The molecule has 0 aliphatic heterocycles. The molecular weight excluding hydrogens is 250 g/mol. The first-order valence-corrected chi connectivity index (χ1v) is 8.52. The Morgan fingerprint density at radius 3 is 2.53 bits per heavy atom. The van der Waals surface area contributed by atoms with Crippen molar-refractivity contribution in [3.05, 3.63) is 42.5 Å². The van der Waals surface area contributed by atoms with Crippen LogP contribution >= 0.6 is 11.8 Å². The Morgan fingerprint density at radius 2 is 1.95 bits per heavy atom. The Labute approximate surface area is 122 Å². The predicted molar refractivity (Wildman–Crippen MR) is 87.9 cm³/mol. The molecule has 0 aromatic heterocycles. The van der Waals surface area contributed by atoms with Crippen molar-refractivity contribution in [1.29, 1.82) is 0 Å². The zero-order valence-corrected chi connectivity index (χ0v) is 13.1. The zero-order chi connectivity index (χ0) is 13.9. The lowest BCUT2D eigenvalue weighted by Gasteiger charge is -2.18. The van der Waals surface area contributed by atoms with Crippen LogP contribution in [0.3, 0.4) is 0 Å². The van der Waals surface area contributed by atoms with Gasteiger partial charge in [-0.2, -0.15) is 0 Å². The molecule has 1 unspecified atom stereocenters. The Morgan fingerprint density at radius 1 is 1.21 bits per heavy atom. The molecule has 1 N–H and O–H groups in total. The molecule has 1 nitrogen and oxygen atoms in total. The third kappa shape index (κ3) is 6.31. The molecule has 2 heteroatoms. The van der Waals surface area contributed by atoms with Gasteiger partial charge in [0.25, 0.3) is 0 Å². The smallest absolute Gasteiger partial charge is 0.0320 e. The van der Waals surface area contributed by atoms with Gasteiger partial charge in [-0.15, -0.1) is 18.3 Å². The van der Waals surface area contributed by atoms with Gasteiger partial charge in [-0.3, -0.25) is 0 Å². The minimum Gasteiger partial charge on any atom is -0.310 e. The van der Waals surface area contributed by atoms with Crippen LogP contribution in [0.15, 0.2) is 41.8 Å². The van der Waals surface area contributed by atoms with E-state index in [1.165, 1.54) is 36.1 Å². The summed E-state index contributed by atoms with van der Waals surface area (Å²) in [6, 6.07) is 9.49. The van der Waals surface area contributed by atoms with Crippen LogP contribution in [0.4, 0.5) is 0 Å². The van der Waals surface area contributed by atoms with E-state index < -0.39 is 0 Å². The van der Waals surface area contributed by atoms with Crippen molar-refractivity contribution < 1.29 is 0 Å². The van der Waals surface area contributed by atoms with Crippen molar-refractivity contribution in [3.8, 4) is 0 Å². The first kappa shape index (κ1) is 16.3. The summed E-state index contributed by atoms with van der Waals surface area (Å²) < 4.78 is 0. The zero-order valence-electron chi connectivity index (χ0n) is 12.3. The number of hydrogen-bond acceptors (Lipinski definition) is 2. The van der Waals surface area contributed by atoms with Crippen molar-refractivity contribution in [1.82, 2.24) is 5.32 Å². The van der Waals surface area contributed by atoms with Crippen LogP contribution in [0, 0.1) is 0 Å². The second kappa shape index (κ2) is 10.1. The number of unbranched alkanes of at least 4 members (excludes halogenated alkanes) is 3. The van der Waals surface area contributed by atoms with Gasteiger partial charge in [-0.1, -0.05) is 38.0 Å². The standard InChI is InChI=1S/C17H27NS/c1-4-6-7-8-9-10-17(18-5-2)15-11-13-16(19-3)14-12-15/h4,11-14,17-18H,1,5-10H2,2-3H3. The van der Waals surface area contributed by atoms with Crippen LogP contribution in [0.5, 0.6) is 0 Å². The van der Waals surface area contributed by atoms with Gasteiger partial charge in [0, 0.05) is 10.9 Å². The lowest BCUT2D eigenvalue weighted by Crippen LogP contribution is -2.20. The van der Waals surface area contributed by atoms with E-state index in [0.717, 1.165) is 13.0 Å². The van der Waals surface area contributed by atoms with E-state index in [1.54, 1.807) is 11.8 Å². The molecule has 0 heterocycles. The summed E-state index contributed by atoms with van der Waals surface area (Å²) >= 11 is 1.80. The molecule has 1 aromatic rings. The molecule has 1 aromatic carbocycles. The van der Waals surface area contributed by atoms with Gasteiger partial charge in [-0.25, -0.2) is 0 Å². The highest BCUT2D eigenvalue weighted by Gasteiger charge is 2.09. The van der Waals surface area contributed by atoms with E-state index in [9.17, 15) is 0 Å². The summed E-state index contributed by atoms with van der Waals surface area (Å²) in [5.41, 5.74) is 1.42. The molecule has 1 rings (SSSR count). The summed E-state index contributed by atoms with van der Waals surface area (Å²) in [5, 5.41) is 3.60. The molecule has 19 heavy (non-hydrogen) atoms. The summed E-state index contributed by atoms with van der Waals surface area (Å²) in [4.78, 5) is 1.34. The SMILES string of the molecule is C=CCCCCCC(NCC)c1ccc(SC)cc1.